The van der Waals surface area contributed by atoms with E-state index < -0.39 is 0 Å². The summed E-state index contributed by atoms with van der Waals surface area (Å²) in [7, 11) is 31.1. The third-order valence-electron chi connectivity index (χ3n) is 18.9. The minimum absolute atomic E-state index is 0. The van der Waals surface area contributed by atoms with Crippen LogP contribution in [0, 0.1) is 36.4 Å². The maximum Gasteiger partial charge on any atom is 0.0495 e. The van der Waals surface area contributed by atoms with Crippen molar-refractivity contribution >= 4 is 65.4 Å². The number of aryl methyl sites for hydroxylation is 3. The molecule has 12 heteroatoms. The zero-order valence-corrected chi connectivity index (χ0v) is 111. The molecule has 0 saturated carbocycles. The van der Waals surface area contributed by atoms with Gasteiger partial charge in [0.2, 0.25) is 0 Å². The maximum absolute atomic E-state index is 3.15. The molecular formula is C138H201N9Y3-6. The Hall–Kier alpha value is -9.23. The summed E-state index contributed by atoms with van der Waals surface area (Å²) >= 11 is 0. The monoisotopic (exact) mass is 2250 g/mol. The molecule has 9 nitrogen and oxygen atoms in total. The predicted molar refractivity (Wildman–Crippen MR) is 673 cm³/mol. The van der Waals surface area contributed by atoms with E-state index in [1.165, 1.54) is 98.8 Å². The van der Waals surface area contributed by atoms with Crippen LogP contribution >= 0.6 is 0 Å². The molecule has 18 aromatic rings. The smallest absolute Gasteiger partial charge is 0.0495 e. The third kappa shape index (κ3) is 61.6. The molecule has 3 radical (unpaired) electrons. The molecule has 0 unspecified atom stereocenters. The van der Waals surface area contributed by atoms with Crippen LogP contribution in [0.3, 0.4) is 0 Å². The van der Waals surface area contributed by atoms with Crippen LogP contribution < -0.4 is 0 Å². The van der Waals surface area contributed by atoms with Gasteiger partial charge in [0.25, 0.3) is 0 Å². The largest absolute Gasteiger partial charge is 0.344 e. The van der Waals surface area contributed by atoms with Gasteiger partial charge >= 0.3 is 0 Å². The summed E-state index contributed by atoms with van der Waals surface area (Å²) < 4.78 is 6.82. The van der Waals surface area contributed by atoms with Gasteiger partial charge in [-0.25, -0.2) is 33.4 Å². The second-order valence-corrected chi connectivity index (χ2v) is 30.1. The number of rotatable bonds is 12. The van der Waals surface area contributed by atoms with Gasteiger partial charge in [0.05, 0.1) is 0 Å². The SMILES string of the molecule is CC.CC.CC.CC.CC.CC.CC.CC.CC.CC.CC.CC.CC.CC.CC.CN(C)CN(C)C.CN(C)CN(C)C.CN(C)CN(C)C.Cn1c2ccccc2c2ccc(-c3ccccc3)cc21.Cn1c2ccccc2c2ccc(-c3ccccc3)cc21.Cn1c2ccccc2c2ccc(-c3ccccc3)cc21.[Y].[Y].[Y].[c-]1ccccc1-c1[c-]cccc1.[c-]1ccccc1-c1[c-]cccc1.[c-]1ccccc1-c1[c-]cccc1. The number of aromatic nitrogens is 3. The van der Waals surface area contributed by atoms with E-state index in [4.69, 9.17) is 0 Å². The van der Waals surface area contributed by atoms with Crippen LogP contribution in [0.25, 0.3) is 132 Å². The number of hydrogen-bond donors (Lipinski definition) is 0. The van der Waals surface area contributed by atoms with E-state index in [1.54, 1.807) is 0 Å². The number of para-hydroxylation sites is 3. The van der Waals surface area contributed by atoms with Gasteiger partial charge in [-0.1, -0.05) is 390 Å². The van der Waals surface area contributed by atoms with Gasteiger partial charge in [0.15, 0.2) is 0 Å². The second kappa shape index (κ2) is 107. The molecule has 3 aromatic heterocycles. The standard InChI is InChI=1S/3C19H15N.3C12H8.3C5H14N2.15C2H6.3Y/c3*1-20-18-10-6-5-9-16(18)17-12-11-15(13-19(17)20)14-7-3-2-4-8-14;3*1-3-7-11(8-4-1)12-9-5-2-6-10-12;3*1-6(2)5-7(3)4;15*1-2;;;/h3*2-13H,1H3;3*1-7,9H;3*5H2,1-4H3;15*1-2H3;;;/q;;;3*-2;;;;;;;;;;;;;;;;;;;;;. The van der Waals surface area contributed by atoms with Gasteiger partial charge in [0.1, 0.15) is 0 Å². The molecule has 150 heavy (non-hydrogen) atoms. The van der Waals surface area contributed by atoms with Crippen molar-refractivity contribution in [3.8, 4) is 66.8 Å². The molecule has 0 aliphatic heterocycles. The molecule has 0 amide bonds. The zero-order chi connectivity index (χ0) is 113. The maximum atomic E-state index is 3.15. The van der Waals surface area contributed by atoms with E-state index >= 15 is 0 Å². The van der Waals surface area contributed by atoms with E-state index in [-0.39, 0.29) is 98.1 Å². The van der Waals surface area contributed by atoms with Crippen LogP contribution in [-0.2, 0) is 119 Å². The van der Waals surface area contributed by atoms with Crippen molar-refractivity contribution in [3.63, 3.8) is 0 Å². The fraction of sp³-hybridized carbons (Fsp3) is 0.348. The molecule has 813 valence electrons. The summed E-state index contributed by atoms with van der Waals surface area (Å²) in [6.07, 6.45) is 0. The van der Waals surface area contributed by atoms with Crippen LogP contribution in [0.1, 0.15) is 208 Å². The summed E-state index contributed by atoms with van der Waals surface area (Å²) in [6, 6.07) is 144. The van der Waals surface area contributed by atoms with E-state index in [2.05, 4.69) is 404 Å². The minimum atomic E-state index is 0. The minimum Gasteiger partial charge on any atom is -0.344 e. The molecule has 15 aromatic carbocycles. The van der Waals surface area contributed by atoms with Gasteiger partial charge in [-0.05, 0) is 154 Å². The average Bonchev–Trinajstić information content (AvgIpc) is 1.62. The molecule has 0 atom stereocenters. The van der Waals surface area contributed by atoms with E-state index in [0.29, 0.717) is 0 Å². The molecule has 0 aliphatic rings. The van der Waals surface area contributed by atoms with E-state index in [1.807, 2.05) is 353 Å². The van der Waals surface area contributed by atoms with Crippen molar-refractivity contribution in [3.05, 3.63) is 400 Å². The molecular weight excluding hydrogens is 2050 g/mol. The molecule has 18 rings (SSSR count). The van der Waals surface area contributed by atoms with E-state index in [0.717, 1.165) is 53.4 Å². The summed E-state index contributed by atoms with van der Waals surface area (Å²) in [5.41, 5.74) is 21.9. The first-order valence-corrected chi connectivity index (χ1v) is 54.6. The predicted octanol–water partition coefficient (Wildman–Crippen LogP) is 39.4. The number of hydrogen-bond acceptors (Lipinski definition) is 6. The van der Waals surface area contributed by atoms with E-state index in [9.17, 15) is 0 Å². The van der Waals surface area contributed by atoms with Gasteiger partial charge in [-0.2, -0.15) is 146 Å². The summed E-state index contributed by atoms with van der Waals surface area (Å²) in [4.78, 5) is 12.8. The molecule has 0 spiro atoms. The molecule has 0 saturated heterocycles. The first-order chi connectivity index (χ1) is 71.8. The van der Waals surface area contributed by atoms with Crippen LogP contribution in [0.4, 0.5) is 0 Å². The van der Waals surface area contributed by atoms with Crippen molar-refractivity contribution in [1.82, 2.24) is 43.1 Å². The third-order valence-corrected chi connectivity index (χ3v) is 18.9. The number of fused-ring (bicyclic) bond motifs is 9. The van der Waals surface area contributed by atoms with Crippen molar-refractivity contribution in [1.29, 1.82) is 0 Å². The number of nitrogens with zero attached hydrogens (tertiary/aromatic N) is 9. The van der Waals surface area contributed by atoms with Gasteiger partial charge in [-0.3, -0.25) is 29.4 Å². The first kappa shape index (κ1) is 158. The fourth-order valence-corrected chi connectivity index (χ4v) is 14.0. The van der Waals surface area contributed by atoms with Crippen LogP contribution in [0.15, 0.2) is 364 Å². The van der Waals surface area contributed by atoms with Crippen molar-refractivity contribution < 1.29 is 98.1 Å². The normalized spacial score (nSPS) is 8.98. The molecule has 0 N–H and O–H groups in total. The topological polar surface area (TPSA) is 34.2 Å². The van der Waals surface area contributed by atoms with Gasteiger partial charge in [-0.15, -0.1) is 36.4 Å². The van der Waals surface area contributed by atoms with Crippen LogP contribution in [-0.4, -0.2) is 148 Å². The molecule has 0 fully saturated rings. The van der Waals surface area contributed by atoms with Crippen molar-refractivity contribution in [2.75, 3.05) is 105 Å². The second-order valence-electron chi connectivity index (χ2n) is 30.1. The van der Waals surface area contributed by atoms with Crippen molar-refractivity contribution in [2.45, 2.75) is 208 Å². The summed E-state index contributed by atoms with van der Waals surface area (Å²) in [5.74, 6) is 0. The Labute approximate surface area is 997 Å². The average molecular weight is 2250 g/mol. The number of benzene rings is 15. The van der Waals surface area contributed by atoms with Crippen LogP contribution in [0.2, 0.25) is 0 Å². The summed E-state index contributed by atoms with van der Waals surface area (Å²) in [5, 5.41) is 7.94. The molecule has 0 aliphatic carbocycles. The Bertz CT molecular complexity index is 5180. The Kier molecular flexibility index (Phi) is 113. The molecule has 3 heterocycles. The quantitative estimate of drug-likeness (QED) is 0.0896. The van der Waals surface area contributed by atoms with Crippen LogP contribution in [0.5, 0.6) is 0 Å². The first-order valence-electron chi connectivity index (χ1n) is 54.6. The Morgan fingerprint density at radius 1 is 0.153 bits per heavy atom. The van der Waals surface area contributed by atoms with Gasteiger partial charge in [0, 0.05) is 205 Å². The Balaban J connectivity index is -0.000000210. The summed E-state index contributed by atoms with van der Waals surface area (Å²) in [6.45, 7) is 63.1. The molecule has 0 bridgehead atoms. The fourth-order valence-electron chi connectivity index (χ4n) is 14.0. The van der Waals surface area contributed by atoms with Crippen molar-refractivity contribution in [2.24, 2.45) is 21.1 Å². The zero-order valence-electron chi connectivity index (χ0n) is 103. The Morgan fingerprint density at radius 3 is 0.433 bits per heavy atom. The van der Waals surface area contributed by atoms with Gasteiger partial charge < -0.3 is 13.7 Å². The Morgan fingerprint density at radius 2 is 0.293 bits per heavy atom.